The molecule has 1 atom stereocenters. The lowest BCUT2D eigenvalue weighted by Gasteiger charge is -2.30. The minimum absolute atomic E-state index is 0.0765. The van der Waals surface area contributed by atoms with Gasteiger partial charge >= 0.3 is 6.03 Å². The predicted molar refractivity (Wildman–Crippen MR) is 101 cm³/mol. The molecule has 1 aliphatic rings. The van der Waals surface area contributed by atoms with E-state index in [1.54, 1.807) is 19.2 Å². The van der Waals surface area contributed by atoms with Crippen LogP contribution >= 0.6 is 11.6 Å². The number of rotatable bonds is 3. The molecule has 2 aromatic rings. The molecule has 1 saturated heterocycles. The summed E-state index contributed by atoms with van der Waals surface area (Å²) in [6.07, 6.45) is 4.26. The van der Waals surface area contributed by atoms with Gasteiger partial charge < -0.3 is 15.0 Å². The SMILES string of the molecule is COc1ccc(C2CCCCCN2C(=O)Nc2cccc(Cl)c2)cc1. The molecule has 25 heavy (non-hydrogen) atoms. The second-order valence-corrected chi connectivity index (χ2v) is 6.71. The van der Waals surface area contributed by atoms with Gasteiger partial charge in [0.05, 0.1) is 13.2 Å². The summed E-state index contributed by atoms with van der Waals surface area (Å²) in [5.41, 5.74) is 1.86. The van der Waals surface area contributed by atoms with E-state index in [1.807, 2.05) is 29.2 Å². The molecule has 3 rings (SSSR count). The number of halogens is 1. The van der Waals surface area contributed by atoms with Crippen LogP contribution in [0.2, 0.25) is 5.02 Å². The lowest BCUT2D eigenvalue weighted by molar-refractivity contribution is 0.189. The zero-order valence-electron chi connectivity index (χ0n) is 14.4. The van der Waals surface area contributed by atoms with E-state index in [9.17, 15) is 4.79 Å². The molecule has 1 unspecified atom stereocenters. The van der Waals surface area contributed by atoms with Crippen molar-refractivity contribution >= 4 is 23.3 Å². The van der Waals surface area contributed by atoms with Crippen LogP contribution in [0.5, 0.6) is 5.75 Å². The van der Waals surface area contributed by atoms with Crippen molar-refractivity contribution in [2.45, 2.75) is 31.7 Å². The summed E-state index contributed by atoms with van der Waals surface area (Å²) in [5.74, 6) is 0.826. The molecule has 1 heterocycles. The average Bonchev–Trinajstić information content (AvgIpc) is 2.88. The van der Waals surface area contributed by atoms with E-state index in [-0.39, 0.29) is 12.1 Å². The topological polar surface area (TPSA) is 41.6 Å². The maximum absolute atomic E-state index is 12.9. The number of carbonyl (C=O) groups is 1. The van der Waals surface area contributed by atoms with E-state index >= 15 is 0 Å². The Hall–Kier alpha value is -2.20. The molecule has 0 aliphatic carbocycles. The summed E-state index contributed by atoms with van der Waals surface area (Å²) in [6, 6.07) is 15.2. The normalized spacial score (nSPS) is 17.7. The van der Waals surface area contributed by atoms with E-state index < -0.39 is 0 Å². The summed E-state index contributed by atoms with van der Waals surface area (Å²) < 4.78 is 5.24. The van der Waals surface area contributed by atoms with Crippen molar-refractivity contribution in [2.75, 3.05) is 19.0 Å². The number of nitrogens with one attached hydrogen (secondary N) is 1. The molecule has 0 saturated carbocycles. The highest BCUT2D eigenvalue weighted by Gasteiger charge is 2.26. The third-order valence-electron chi connectivity index (χ3n) is 4.59. The minimum atomic E-state index is -0.0787. The Bertz CT molecular complexity index is 718. The van der Waals surface area contributed by atoms with Crippen LogP contribution in [-0.4, -0.2) is 24.6 Å². The van der Waals surface area contributed by atoms with E-state index in [4.69, 9.17) is 16.3 Å². The first-order chi connectivity index (χ1) is 12.2. The molecule has 0 bridgehead atoms. The molecular weight excluding hydrogens is 336 g/mol. The molecule has 2 amide bonds. The van der Waals surface area contributed by atoms with E-state index in [0.29, 0.717) is 5.02 Å². The van der Waals surface area contributed by atoms with Gasteiger partial charge in [-0.05, 0) is 48.7 Å². The van der Waals surface area contributed by atoms with Crippen molar-refractivity contribution in [1.82, 2.24) is 4.90 Å². The Balaban J connectivity index is 1.80. The molecular formula is C20H23ClN2O2. The number of urea groups is 1. The van der Waals surface area contributed by atoms with Crippen molar-refractivity contribution in [3.05, 3.63) is 59.1 Å². The molecule has 132 valence electrons. The standard InChI is InChI=1S/C20H23ClN2O2/c1-25-18-11-9-15(10-12-18)19-8-3-2-4-13-23(19)20(24)22-17-7-5-6-16(21)14-17/h5-7,9-12,14,19H,2-4,8,13H2,1H3,(H,22,24). The Morgan fingerprint density at radius 1 is 1.16 bits per heavy atom. The first-order valence-electron chi connectivity index (χ1n) is 8.64. The van der Waals surface area contributed by atoms with E-state index in [2.05, 4.69) is 17.4 Å². The number of nitrogens with zero attached hydrogens (tertiary/aromatic N) is 1. The molecule has 0 spiro atoms. The quantitative estimate of drug-likeness (QED) is 0.787. The first-order valence-corrected chi connectivity index (χ1v) is 9.02. The summed E-state index contributed by atoms with van der Waals surface area (Å²) in [5, 5.41) is 3.59. The van der Waals surface area contributed by atoms with Gasteiger partial charge in [-0.3, -0.25) is 0 Å². The van der Waals surface area contributed by atoms with Crippen molar-refractivity contribution < 1.29 is 9.53 Å². The molecule has 4 nitrogen and oxygen atoms in total. The van der Waals surface area contributed by atoms with Gasteiger partial charge in [-0.15, -0.1) is 0 Å². The monoisotopic (exact) mass is 358 g/mol. The third kappa shape index (κ3) is 4.45. The molecule has 0 aromatic heterocycles. The highest BCUT2D eigenvalue weighted by molar-refractivity contribution is 6.30. The summed E-state index contributed by atoms with van der Waals surface area (Å²) in [4.78, 5) is 14.8. The minimum Gasteiger partial charge on any atom is -0.497 e. The number of amides is 2. The number of anilines is 1. The molecule has 1 aliphatic heterocycles. The Morgan fingerprint density at radius 3 is 2.68 bits per heavy atom. The van der Waals surface area contributed by atoms with Crippen LogP contribution in [0.15, 0.2) is 48.5 Å². The van der Waals surface area contributed by atoms with Gasteiger partial charge in [-0.25, -0.2) is 4.79 Å². The number of benzene rings is 2. The first kappa shape index (κ1) is 17.6. The Morgan fingerprint density at radius 2 is 1.96 bits per heavy atom. The van der Waals surface area contributed by atoms with Gasteiger partial charge in [0.2, 0.25) is 0 Å². The number of methoxy groups -OCH3 is 1. The zero-order chi connectivity index (χ0) is 17.6. The average molecular weight is 359 g/mol. The second kappa shape index (κ2) is 8.26. The lowest BCUT2D eigenvalue weighted by Crippen LogP contribution is -2.38. The van der Waals surface area contributed by atoms with Crippen molar-refractivity contribution in [3.8, 4) is 5.75 Å². The van der Waals surface area contributed by atoms with Crippen LogP contribution in [-0.2, 0) is 0 Å². The maximum atomic E-state index is 12.9. The third-order valence-corrected chi connectivity index (χ3v) is 4.83. The second-order valence-electron chi connectivity index (χ2n) is 6.27. The number of hydrogen-bond acceptors (Lipinski definition) is 2. The van der Waals surface area contributed by atoms with Crippen molar-refractivity contribution in [3.63, 3.8) is 0 Å². The van der Waals surface area contributed by atoms with E-state index in [0.717, 1.165) is 49.2 Å². The maximum Gasteiger partial charge on any atom is 0.322 e. The van der Waals surface area contributed by atoms with E-state index in [1.165, 1.54) is 0 Å². The summed E-state index contributed by atoms with van der Waals surface area (Å²) in [6.45, 7) is 0.753. The van der Waals surface area contributed by atoms with Gasteiger partial charge in [0, 0.05) is 17.3 Å². The fourth-order valence-corrected chi connectivity index (χ4v) is 3.48. The Labute approximate surface area is 153 Å². The van der Waals surface area contributed by atoms with Gasteiger partial charge in [0.25, 0.3) is 0 Å². The lowest BCUT2D eigenvalue weighted by atomic mass is 10.0. The fraction of sp³-hybridized carbons (Fsp3) is 0.350. The van der Waals surface area contributed by atoms with Crippen LogP contribution < -0.4 is 10.1 Å². The Kier molecular flexibility index (Phi) is 5.82. The number of hydrogen-bond donors (Lipinski definition) is 1. The van der Waals surface area contributed by atoms with Crippen LogP contribution in [0.3, 0.4) is 0 Å². The van der Waals surface area contributed by atoms with Crippen LogP contribution in [0, 0.1) is 0 Å². The highest BCUT2D eigenvalue weighted by Crippen LogP contribution is 2.31. The number of ether oxygens (including phenoxy) is 1. The molecule has 1 fully saturated rings. The smallest absolute Gasteiger partial charge is 0.322 e. The van der Waals surface area contributed by atoms with Gasteiger partial charge in [-0.2, -0.15) is 0 Å². The highest BCUT2D eigenvalue weighted by atomic mass is 35.5. The molecule has 1 N–H and O–H groups in total. The van der Waals surface area contributed by atoms with Crippen LogP contribution in [0.1, 0.15) is 37.3 Å². The number of carbonyl (C=O) groups excluding carboxylic acids is 1. The molecule has 2 aromatic carbocycles. The predicted octanol–water partition coefficient (Wildman–Crippen LogP) is 5.50. The van der Waals surface area contributed by atoms with Crippen LogP contribution in [0.4, 0.5) is 10.5 Å². The summed E-state index contributed by atoms with van der Waals surface area (Å²) in [7, 11) is 1.66. The van der Waals surface area contributed by atoms with Gasteiger partial charge in [0.1, 0.15) is 5.75 Å². The summed E-state index contributed by atoms with van der Waals surface area (Å²) >= 11 is 6.02. The number of likely N-dealkylation sites (tertiary alicyclic amines) is 1. The van der Waals surface area contributed by atoms with Crippen LogP contribution in [0.25, 0.3) is 0 Å². The largest absolute Gasteiger partial charge is 0.497 e. The van der Waals surface area contributed by atoms with Crippen molar-refractivity contribution in [1.29, 1.82) is 0 Å². The fourth-order valence-electron chi connectivity index (χ4n) is 3.29. The van der Waals surface area contributed by atoms with Gasteiger partial charge in [-0.1, -0.05) is 42.6 Å². The molecule has 5 heteroatoms. The van der Waals surface area contributed by atoms with Gasteiger partial charge in [0.15, 0.2) is 0 Å². The molecule has 0 radical (unpaired) electrons. The zero-order valence-corrected chi connectivity index (χ0v) is 15.1. The van der Waals surface area contributed by atoms with Crippen molar-refractivity contribution in [2.24, 2.45) is 0 Å².